The van der Waals surface area contributed by atoms with Crippen molar-refractivity contribution in [2.24, 2.45) is 11.8 Å². The lowest BCUT2D eigenvalue weighted by molar-refractivity contribution is -0.141. The van der Waals surface area contributed by atoms with Crippen molar-refractivity contribution in [1.29, 1.82) is 0 Å². The molecule has 0 heterocycles. The average molecular weight is 282 g/mol. The fourth-order valence-electron chi connectivity index (χ4n) is 3.49. The number of aliphatic carboxylic acids is 1. The van der Waals surface area contributed by atoms with Gasteiger partial charge in [0.2, 0.25) is 0 Å². The van der Waals surface area contributed by atoms with Crippen LogP contribution in [0, 0.1) is 11.8 Å². The van der Waals surface area contributed by atoms with Gasteiger partial charge in [-0.05, 0) is 37.5 Å². The number of carboxylic acids is 1. The fourth-order valence-corrected chi connectivity index (χ4v) is 3.49. The molecule has 0 aromatic heterocycles. The van der Waals surface area contributed by atoms with Crippen LogP contribution in [0.25, 0.3) is 0 Å². The Kier molecular flexibility index (Phi) is 5.68. The number of nitrogens with one attached hydrogen (secondary N) is 2. The van der Waals surface area contributed by atoms with E-state index in [1.54, 1.807) is 0 Å². The first-order chi connectivity index (χ1) is 9.66. The van der Waals surface area contributed by atoms with Gasteiger partial charge >= 0.3 is 12.0 Å². The summed E-state index contributed by atoms with van der Waals surface area (Å²) >= 11 is 0. The number of amides is 2. The Balaban J connectivity index is 1.77. The minimum atomic E-state index is -0.909. The van der Waals surface area contributed by atoms with Gasteiger partial charge in [0.15, 0.2) is 0 Å². The van der Waals surface area contributed by atoms with Crippen molar-refractivity contribution in [3.63, 3.8) is 0 Å². The Morgan fingerprint density at radius 1 is 1.00 bits per heavy atom. The maximum Gasteiger partial charge on any atom is 0.326 e. The Hall–Kier alpha value is -1.26. The Bertz CT molecular complexity index is 334. The molecule has 1 atom stereocenters. The molecule has 1 unspecified atom stereocenters. The third kappa shape index (κ3) is 4.39. The molecule has 2 amide bonds. The Labute approximate surface area is 120 Å². The second-order valence-electron chi connectivity index (χ2n) is 6.22. The predicted octanol–water partition coefficient (Wildman–Crippen LogP) is 2.51. The van der Waals surface area contributed by atoms with Crippen molar-refractivity contribution in [1.82, 2.24) is 10.6 Å². The summed E-state index contributed by atoms with van der Waals surface area (Å²) < 4.78 is 0. The summed E-state index contributed by atoms with van der Waals surface area (Å²) in [6, 6.07) is -1.06. The summed E-state index contributed by atoms with van der Waals surface area (Å²) in [6.45, 7) is 0.669. The smallest absolute Gasteiger partial charge is 0.326 e. The normalized spacial score (nSPS) is 22.4. The zero-order valence-electron chi connectivity index (χ0n) is 12.1. The molecule has 2 rings (SSSR count). The highest BCUT2D eigenvalue weighted by molar-refractivity contribution is 5.82. The van der Waals surface area contributed by atoms with Crippen molar-refractivity contribution in [2.75, 3.05) is 6.54 Å². The van der Waals surface area contributed by atoms with Gasteiger partial charge in [-0.2, -0.15) is 0 Å². The number of hydrogen-bond donors (Lipinski definition) is 3. The maximum atomic E-state index is 11.9. The van der Waals surface area contributed by atoms with E-state index in [-0.39, 0.29) is 11.9 Å². The minimum Gasteiger partial charge on any atom is -0.480 e. The van der Waals surface area contributed by atoms with Gasteiger partial charge in [0.1, 0.15) is 6.04 Å². The van der Waals surface area contributed by atoms with E-state index in [0.29, 0.717) is 12.5 Å². The fraction of sp³-hybridized carbons (Fsp3) is 0.867. The third-order valence-electron chi connectivity index (χ3n) is 4.70. The molecule has 2 saturated carbocycles. The molecule has 0 bridgehead atoms. The van der Waals surface area contributed by atoms with Crippen LogP contribution in [0.2, 0.25) is 0 Å². The SMILES string of the molecule is O=C(NCC1CCCC1)NC(C(=O)O)C1CCCCC1. The first-order valence-electron chi connectivity index (χ1n) is 7.94. The van der Waals surface area contributed by atoms with E-state index >= 15 is 0 Å². The lowest BCUT2D eigenvalue weighted by Gasteiger charge is -2.28. The van der Waals surface area contributed by atoms with E-state index in [1.165, 1.54) is 32.1 Å². The number of urea groups is 1. The highest BCUT2D eigenvalue weighted by Crippen LogP contribution is 2.27. The molecule has 0 saturated heterocycles. The summed E-state index contributed by atoms with van der Waals surface area (Å²) in [6.07, 6.45) is 9.95. The van der Waals surface area contributed by atoms with Gasteiger partial charge in [-0.1, -0.05) is 32.1 Å². The van der Waals surface area contributed by atoms with E-state index in [1.807, 2.05) is 0 Å². The monoisotopic (exact) mass is 282 g/mol. The minimum absolute atomic E-state index is 0.0819. The zero-order valence-corrected chi connectivity index (χ0v) is 12.1. The molecule has 20 heavy (non-hydrogen) atoms. The van der Waals surface area contributed by atoms with Crippen LogP contribution in [0.15, 0.2) is 0 Å². The van der Waals surface area contributed by atoms with Crippen molar-refractivity contribution in [2.45, 2.75) is 63.8 Å². The van der Waals surface area contributed by atoms with Crippen molar-refractivity contribution >= 4 is 12.0 Å². The van der Waals surface area contributed by atoms with E-state index in [2.05, 4.69) is 10.6 Å². The molecule has 114 valence electrons. The molecule has 0 aromatic rings. The number of rotatable bonds is 5. The highest BCUT2D eigenvalue weighted by atomic mass is 16.4. The van der Waals surface area contributed by atoms with Crippen LogP contribution >= 0.6 is 0 Å². The molecule has 3 N–H and O–H groups in total. The van der Waals surface area contributed by atoms with E-state index in [9.17, 15) is 14.7 Å². The molecule has 0 aromatic carbocycles. The number of carbonyl (C=O) groups excluding carboxylic acids is 1. The van der Waals surface area contributed by atoms with Gasteiger partial charge in [-0.15, -0.1) is 0 Å². The second kappa shape index (κ2) is 7.50. The van der Waals surface area contributed by atoms with Gasteiger partial charge < -0.3 is 15.7 Å². The van der Waals surface area contributed by atoms with E-state index in [4.69, 9.17) is 0 Å². The Morgan fingerprint density at radius 3 is 2.20 bits per heavy atom. The lowest BCUT2D eigenvalue weighted by Crippen LogP contribution is -2.50. The summed E-state index contributed by atoms with van der Waals surface area (Å²) in [5.41, 5.74) is 0. The molecule has 5 nitrogen and oxygen atoms in total. The van der Waals surface area contributed by atoms with Crippen LogP contribution in [-0.4, -0.2) is 29.7 Å². The van der Waals surface area contributed by atoms with Gasteiger partial charge in [-0.3, -0.25) is 0 Å². The largest absolute Gasteiger partial charge is 0.480 e. The van der Waals surface area contributed by atoms with E-state index in [0.717, 1.165) is 25.7 Å². The van der Waals surface area contributed by atoms with Gasteiger partial charge in [-0.25, -0.2) is 9.59 Å². The van der Waals surface area contributed by atoms with Gasteiger partial charge in [0, 0.05) is 6.54 Å². The summed E-state index contributed by atoms with van der Waals surface area (Å²) in [5, 5.41) is 14.8. The standard InChI is InChI=1S/C15H26N2O3/c18-14(19)13(12-8-2-1-3-9-12)17-15(20)16-10-11-6-4-5-7-11/h11-13H,1-10H2,(H,18,19)(H2,16,17,20). The summed E-state index contributed by atoms with van der Waals surface area (Å²) in [4.78, 5) is 23.2. The molecular weight excluding hydrogens is 256 g/mol. The quantitative estimate of drug-likeness (QED) is 0.725. The second-order valence-corrected chi connectivity index (χ2v) is 6.22. The molecular formula is C15H26N2O3. The number of carboxylic acid groups (broad SMARTS) is 1. The zero-order chi connectivity index (χ0) is 14.4. The van der Waals surface area contributed by atoms with Crippen LogP contribution in [0.3, 0.4) is 0 Å². The molecule has 2 fully saturated rings. The molecule has 2 aliphatic carbocycles. The third-order valence-corrected chi connectivity index (χ3v) is 4.70. The topological polar surface area (TPSA) is 78.4 Å². The van der Waals surface area contributed by atoms with Crippen molar-refractivity contribution in [3.8, 4) is 0 Å². The summed E-state index contributed by atoms with van der Waals surface area (Å²) in [5.74, 6) is -0.259. The van der Waals surface area contributed by atoms with Gasteiger partial charge in [0.25, 0.3) is 0 Å². The molecule has 2 aliphatic rings. The molecule has 0 aliphatic heterocycles. The summed E-state index contributed by atoms with van der Waals surface area (Å²) in [7, 11) is 0. The molecule has 0 radical (unpaired) electrons. The van der Waals surface area contributed by atoms with Crippen LogP contribution in [-0.2, 0) is 4.79 Å². The van der Waals surface area contributed by atoms with Crippen LogP contribution in [0.5, 0.6) is 0 Å². The number of hydrogen-bond acceptors (Lipinski definition) is 2. The Morgan fingerprint density at radius 2 is 1.60 bits per heavy atom. The first kappa shape index (κ1) is 15.1. The predicted molar refractivity (Wildman–Crippen MR) is 76.5 cm³/mol. The number of carbonyl (C=O) groups is 2. The molecule has 5 heteroatoms. The van der Waals surface area contributed by atoms with Crippen LogP contribution in [0.4, 0.5) is 4.79 Å². The average Bonchev–Trinajstić information content (AvgIpc) is 2.96. The molecule has 0 spiro atoms. The van der Waals surface area contributed by atoms with Crippen molar-refractivity contribution in [3.05, 3.63) is 0 Å². The van der Waals surface area contributed by atoms with Gasteiger partial charge in [0.05, 0.1) is 0 Å². The van der Waals surface area contributed by atoms with Crippen molar-refractivity contribution < 1.29 is 14.7 Å². The maximum absolute atomic E-state index is 11.9. The first-order valence-corrected chi connectivity index (χ1v) is 7.94. The van der Waals surface area contributed by atoms with E-state index < -0.39 is 12.0 Å². The highest BCUT2D eigenvalue weighted by Gasteiger charge is 2.30. The van der Waals surface area contributed by atoms with Crippen LogP contribution < -0.4 is 10.6 Å². The lowest BCUT2D eigenvalue weighted by atomic mass is 9.84. The van der Waals surface area contributed by atoms with Crippen LogP contribution in [0.1, 0.15) is 57.8 Å².